The standard InChI is InChI=1S/C8H11N3S.ClH/c9-8(10)11-7-4-5-2-1-3-6(5)12-7;/h4H,1-3H2,(H4,9,10,11);1H. The lowest BCUT2D eigenvalue weighted by Crippen LogP contribution is -2.21. The second kappa shape index (κ2) is 3.98. The van der Waals surface area contributed by atoms with Crippen LogP contribution in [0.25, 0.3) is 0 Å². The Morgan fingerprint density at radius 3 is 2.77 bits per heavy atom. The predicted molar refractivity (Wildman–Crippen MR) is 59.1 cm³/mol. The monoisotopic (exact) mass is 217 g/mol. The Bertz CT molecular complexity index is 307. The largest absolute Gasteiger partial charge is 0.370 e. The molecule has 5 heteroatoms. The number of fused-ring (bicyclic) bond motifs is 1. The molecule has 0 saturated carbocycles. The normalized spacial score (nSPS) is 13.2. The van der Waals surface area contributed by atoms with Crippen LogP contribution in [0.15, 0.2) is 11.1 Å². The zero-order valence-electron chi connectivity index (χ0n) is 7.12. The zero-order valence-corrected chi connectivity index (χ0v) is 8.75. The molecule has 2 rings (SSSR count). The number of aliphatic imine (C=N–C) groups is 1. The van der Waals surface area contributed by atoms with Gasteiger partial charge in [-0.25, -0.2) is 4.99 Å². The number of halogens is 1. The third-order valence-electron chi connectivity index (χ3n) is 1.97. The van der Waals surface area contributed by atoms with Gasteiger partial charge < -0.3 is 11.5 Å². The number of aryl methyl sites for hydroxylation is 2. The van der Waals surface area contributed by atoms with E-state index >= 15 is 0 Å². The number of rotatable bonds is 1. The maximum atomic E-state index is 5.28. The van der Waals surface area contributed by atoms with Crippen molar-refractivity contribution in [3.8, 4) is 0 Å². The van der Waals surface area contributed by atoms with Crippen molar-refractivity contribution in [3.05, 3.63) is 16.5 Å². The van der Waals surface area contributed by atoms with Crippen molar-refractivity contribution in [2.75, 3.05) is 0 Å². The first-order chi connectivity index (χ1) is 5.75. The number of hydrogen-bond acceptors (Lipinski definition) is 2. The van der Waals surface area contributed by atoms with Crippen molar-refractivity contribution < 1.29 is 0 Å². The van der Waals surface area contributed by atoms with Crippen molar-refractivity contribution in [1.29, 1.82) is 0 Å². The maximum absolute atomic E-state index is 5.28. The highest BCUT2D eigenvalue weighted by Gasteiger charge is 2.14. The van der Waals surface area contributed by atoms with Crippen LogP contribution >= 0.6 is 23.7 Å². The Morgan fingerprint density at radius 2 is 2.15 bits per heavy atom. The highest BCUT2D eigenvalue weighted by atomic mass is 35.5. The molecule has 3 nitrogen and oxygen atoms in total. The van der Waals surface area contributed by atoms with Gasteiger partial charge in [-0.15, -0.1) is 23.7 Å². The van der Waals surface area contributed by atoms with E-state index in [2.05, 4.69) is 11.1 Å². The third-order valence-corrected chi connectivity index (χ3v) is 3.10. The van der Waals surface area contributed by atoms with Gasteiger partial charge in [0, 0.05) is 4.88 Å². The Kier molecular flexibility index (Phi) is 3.17. The van der Waals surface area contributed by atoms with Crippen LogP contribution in [-0.2, 0) is 12.8 Å². The first-order valence-electron chi connectivity index (χ1n) is 3.97. The van der Waals surface area contributed by atoms with Gasteiger partial charge in [-0.3, -0.25) is 0 Å². The van der Waals surface area contributed by atoms with Crippen LogP contribution in [0, 0.1) is 0 Å². The number of hydrogen-bond donors (Lipinski definition) is 2. The molecular formula is C8H12ClN3S. The summed E-state index contributed by atoms with van der Waals surface area (Å²) in [7, 11) is 0. The predicted octanol–water partition coefficient (Wildman–Crippen LogP) is 1.56. The lowest BCUT2D eigenvalue weighted by molar-refractivity contribution is 0.915. The fourth-order valence-electron chi connectivity index (χ4n) is 1.50. The second-order valence-corrected chi connectivity index (χ2v) is 4.04. The van der Waals surface area contributed by atoms with Crippen molar-refractivity contribution >= 4 is 34.7 Å². The molecule has 0 bridgehead atoms. The summed E-state index contributed by atoms with van der Waals surface area (Å²) in [4.78, 5) is 5.47. The number of guanidine groups is 1. The molecule has 4 N–H and O–H groups in total. The van der Waals surface area contributed by atoms with E-state index in [9.17, 15) is 0 Å². The molecule has 0 spiro atoms. The molecule has 1 aromatic heterocycles. The molecule has 0 radical (unpaired) electrons. The van der Waals surface area contributed by atoms with Crippen LogP contribution in [0.1, 0.15) is 16.9 Å². The van der Waals surface area contributed by atoms with E-state index < -0.39 is 0 Å². The SMILES string of the molecule is Cl.NC(N)=Nc1cc2c(s1)CCC2. The number of thiophene rings is 1. The van der Waals surface area contributed by atoms with Gasteiger partial charge in [-0.2, -0.15) is 0 Å². The lowest BCUT2D eigenvalue weighted by Gasteiger charge is -1.88. The summed E-state index contributed by atoms with van der Waals surface area (Å²) >= 11 is 1.70. The van der Waals surface area contributed by atoms with Crippen LogP contribution in [-0.4, -0.2) is 5.96 Å². The molecule has 1 aliphatic rings. The molecule has 0 saturated heterocycles. The van der Waals surface area contributed by atoms with Crippen molar-refractivity contribution in [1.82, 2.24) is 0 Å². The summed E-state index contributed by atoms with van der Waals surface area (Å²) in [6.07, 6.45) is 3.66. The van der Waals surface area contributed by atoms with Crippen molar-refractivity contribution in [3.63, 3.8) is 0 Å². The topological polar surface area (TPSA) is 64.4 Å². The fourth-order valence-corrected chi connectivity index (χ4v) is 2.64. The smallest absolute Gasteiger partial charge is 0.191 e. The van der Waals surface area contributed by atoms with Gasteiger partial charge >= 0.3 is 0 Å². The molecule has 0 fully saturated rings. The van der Waals surface area contributed by atoms with Gasteiger partial charge in [0.05, 0.1) is 0 Å². The minimum Gasteiger partial charge on any atom is -0.370 e. The minimum absolute atomic E-state index is 0. The Labute approximate surface area is 87.3 Å². The van der Waals surface area contributed by atoms with Gasteiger partial charge in [0.25, 0.3) is 0 Å². The molecule has 0 unspecified atom stereocenters. The molecule has 72 valence electrons. The van der Waals surface area contributed by atoms with Gasteiger partial charge in [-0.05, 0) is 30.9 Å². The average molecular weight is 218 g/mol. The molecule has 0 atom stereocenters. The molecule has 0 aliphatic heterocycles. The number of nitrogens with zero attached hydrogens (tertiary/aromatic N) is 1. The maximum Gasteiger partial charge on any atom is 0.191 e. The molecule has 13 heavy (non-hydrogen) atoms. The molecule has 1 aliphatic carbocycles. The summed E-state index contributed by atoms with van der Waals surface area (Å²) in [6.45, 7) is 0. The molecule has 0 amide bonds. The fraction of sp³-hybridized carbons (Fsp3) is 0.375. The van der Waals surface area contributed by atoms with Crippen LogP contribution in [0.5, 0.6) is 0 Å². The first kappa shape index (κ1) is 10.3. The van der Waals surface area contributed by atoms with Gasteiger partial charge in [0.15, 0.2) is 5.96 Å². The average Bonchev–Trinajstić information content (AvgIpc) is 2.43. The Hall–Kier alpha value is -0.740. The van der Waals surface area contributed by atoms with E-state index in [1.807, 2.05) is 0 Å². The highest BCUT2D eigenvalue weighted by molar-refractivity contribution is 7.16. The minimum atomic E-state index is 0. The van der Waals surface area contributed by atoms with Crippen LogP contribution in [0.3, 0.4) is 0 Å². The van der Waals surface area contributed by atoms with E-state index in [4.69, 9.17) is 11.5 Å². The van der Waals surface area contributed by atoms with Crippen molar-refractivity contribution in [2.24, 2.45) is 16.5 Å². The lowest BCUT2D eigenvalue weighted by atomic mass is 10.3. The summed E-state index contributed by atoms with van der Waals surface area (Å²) in [6, 6.07) is 2.09. The molecule has 0 aromatic carbocycles. The zero-order chi connectivity index (χ0) is 8.55. The second-order valence-electron chi connectivity index (χ2n) is 2.92. The first-order valence-corrected chi connectivity index (χ1v) is 4.78. The van der Waals surface area contributed by atoms with E-state index in [1.54, 1.807) is 11.3 Å². The van der Waals surface area contributed by atoms with Crippen LogP contribution in [0.2, 0.25) is 0 Å². The molecule has 1 aromatic rings. The number of nitrogens with two attached hydrogens (primary N) is 2. The van der Waals surface area contributed by atoms with Crippen LogP contribution < -0.4 is 11.5 Å². The van der Waals surface area contributed by atoms with E-state index in [-0.39, 0.29) is 18.4 Å². The van der Waals surface area contributed by atoms with Gasteiger partial charge in [-0.1, -0.05) is 0 Å². The molecular weight excluding hydrogens is 206 g/mol. The highest BCUT2D eigenvalue weighted by Crippen LogP contribution is 2.35. The van der Waals surface area contributed by atoms with E-state index in [0.717, 1.165) is 5.00 Å². The quantitative estimate of drug-likeness (QED) is 0.554. The summed E-state index contributed by atoms with van der Waals surface area (Å²) in [5.74, 6) is 0.148. The van der Waals surface area contributed by atoms with E-state index in [1.165, 1.54) is 29.7 Å². The summed E-state index contributed by atoms with van der Waals surface area (Å²) < 4.78 is 0. The third kappa shape index (κ3) is 2.14. The van der Waals surface area contributed by atoms with Gasteiger partial charge in [0.2, 0.25) is 0 Å². The Balaban J connectivity index is 0.000000845. The van der Waals surface area contributed by atoms with Crippen molar-refractivity contribution in [2.45, 2.75) is 19.3 Å². The van der Waals surface area contributed by atoms with Gasteiger partial charge in [0.1, 0.15) is 5.00 Å². The summed E-state index contributed by atoms with van der Waals surface area (Å²) in [5.41, 5.74) is 12.0. The van der Waals surface area contributed by atoms with Crippen LogP contribution in [0.4, 0.5) is 5.00 Å². The Morgan fingerprint density at radius 1 is 1.38 bits per heavy atom. The van der Waals surface area contributed by atoms with E-state index in [0.29, 0.717) is 0 Å². The molecule has 1 heterocycles. The summed E-state index contributed by atoms with van der Waals surface area (Å²) in [5, 5.41) is 0.944.